The summed E-state index contributed by atoms with van der Waals surface area (Å²) in [4.78, 5) is 12.4. The fourth-order valence-corrected chi connectivity index (χ4v) is 3.71. The summed E-state index contributed by atoms with van der Waals surface area (Å²) in [6.07, 6.45) is 1.00. The van der Waals surface area contributed by atoms with E-state index in [1.807, 2.05) is 0 Å². The Morgan fingerprint density at radius 2 is 1.70 bits per heavy atom. The highest BCUT2D eigenvalue weighted by Crippen LogP contribution is 2.33. The van der Waals surface area contributed by atoms with Crippen molar-refractivity contribution < 1.29 is 22.7 Å². The van der Waals surface area contributed by atoms with Gasteiger partial charge in [-0.05, 0) is 30.3 Å². The molecule has 0 fully saturated rings. The summed E-state index contributed by atoms with van der Waals surface area (Å²) in [6.45, 7) is -0.467. The van der Waals surface area contributed by atoms with Gasteiger partial charge in [0.05, 0.1) is 26.2 Å². The van der Waals surface area contributed by atoms with Crippen molar-refractivity contribution in [2.75, 3.05) is 36.6 Å². The van der Waals surface area contributed by atoms with Crippen LogP contribution in [0.1, 0.15) is 0 Å². The van der Waals surface area contributed by atoms with E-state index in [9.17, 15) is 13.2 Å². The summed E-state index contributed by atoms with van der Waals surface area (Å²) >= 11 is 11.8. The number of halogens is 2. The molecular formula is C17H18Cl2N2O5S. The van der Waals surface area contributed by atoms with E-state index in [2.05, 4.69) is 5.32 Å². The molecule has 0 spiro atoms. The van der Waals surface area contributed by atoms with Crippen LogP contribution in [0.2, 0.25) is 10.0 Å². The van der Waals surface area contributed by atoms with Crippen LogP contribution in [0.3, 0.4) is 0 Å². The molecule has 0 radical (unpaired) electrons. The molecule has 27 heavy (non-hydrogen) atoms. The molecule has 0 aliphatic heterocycles. The second-order valence-corrected chi connectivity index (χ2v) is 8.29. The maximum atomic E-state index is 12.4. The highest BCUT2D eigenvalue weighted by molar-refractivity contribution is 7.92. The number of anilines is 2. The second-order valence-electron chi connectivity index (χ2n) is 5.51. The number of methoxy groups -OCH3 is 2. The topological polar surface area (TPSA) is 84.9 Å². The summed E-state index contributed by atoms with van der Waals surface area (Å²) in [5, 5.41) is 3.26. The molecule has 2 aromatic rings. The zero-order chi connectivity index (χ0) is 20.2. The lowest BCUT2D eigenvalue weighted by molar-refractivity contribution is -0.114. The molecule has 0 saturated carbocycles. The molecule has 0 aliphatic carbocycles. The van der Waals surface area contributed by atoms with Crippen LogP contribution in [0.4, 0.5) is 11.4 Å². The average Bonchev–Trinajstić information content (AvgIpc) is 2.57. The SMILES string of the molecule is COc1ccc(N(CC(=O)Nc2cc(Cl)cc(Cl)c2)S(C)(=O)=O)c(OC)c1. The molecule has 0 aliphatic rings. The number of amides is 1. The first-order valence-corrected chi connectivity index (χ1v) is 10.2. The molecule has 0 unspecified atom stereocenters. The van der Waals surface area contributed by atoms with Crippen LogP contribution < -0.4 is 19.1 Å². The van der Waals surface area contributed by atoms with Gasteiger partial charge < -0.3 is 14.8 Å². The first-order chi connectivity index (χ1) is 12.6. The van der Waals surface area contributed by atoms with Crippen molar-refractivity contribution in [2.45, 2.75) is 0 Å². The summed E-state index contributed by atoms with van der Waals surface area (Å²) in [5.74, 6) is 0.164. The number of rotatable bonds is 7. The predicted octanol–water partition coefficient (Wildman–Crippen LogP) is 3.42. The molecule has 10 heteroatoms. The van der Waals surface area contributed by atoms with Crippen molar-refractivity contribution in [1.82, 2.24) is 0 Å². The molecule has 0 saturated heterocycles. The van der Waals surface area contributed by atoms with Gasteiger partial charge in [0.1, 0.15) is 18.0 Å². The minimum Gasteiger partial charge on any atom is -0.497 e. The Morgan fingerprint density at radius 3 is 2.22 bits per heavy atom. The van der Waals surface area contributed by atoms with Crippen LogP contribution in [0.5, 0.6) is 11.5 Å². The summed E-state index contributed by atoms with van der Waals surface area (Å²) < 4.78 is 35.8. The van der Waals surface area contributed by atoms with Crippen molar-refractivity contribution in [1.29, 1.82) is 0 Å². The van der Waals surface area contributed by atoms with Gasteiger partial charge in [0.25, 0.3) is 0 Å². The maximum absolute atomic E-state index is 12.4. The van der Waals surface area contributed by atoms with Crippen molar-refractivity contribution in [3.05, 3.63) is 46.4 Å². The fourth-order valence-electron chi connectivity index (χ4n) is 2.33. The molecule has 7 nitrogen and oxygen atoms in total. The molecule has 0 heterocycles. The quantitative estimate of drug-likeness (QED) is 0.724. The van der Waals surface area contributed by atoms with E-state index in [0.29, 0.717) is 21.5 Å². The molecule has 0 bridgehead atoms. The number of benzene rings is 2. The standard InChI is InChI=1S/C17H18Cl2N2O5S/c1-25-14-4-5-15(16(9-14)26-2)21(27(3,23)24)10-17(22)20-13-7-11(18)6-12(19)8-13/h4-9H,10H2,1-3H3,(H,20,22). The van der Waals surface area contributed by atoms with Gasteiger partial charge in [0.15, 0.2) is 0 Å². The largest absolute Gasteiger partial charge is 0.497 e. The van der Waals surface area contributed by atoms with E-state index >= 15 is 0 Å². The van der Waals surface area contributed by atoms with Gasteiger partial charge in [-0.3, -0.25) is 9.10 Å². The molecule has 2 aromatic carbocycles. The highest BCUT2D eigenvalue weighted by Gasteiger charge is 2.24. The molecule has 0 aromatic heterocycles. The Labute approximate surface area is 167 Å². The Balaban J connectivity index is 2.31. The number of hydrogen-bond donors (Lipinski definition) is 1. The van der Waals surface area contributed by atoms with E-state index in [4.69, 9.17) is 32.7 Å². The van der Waals surface area contributed by atoms with E-state index in [1.165, 1.54) is 44.6 Å². The van der Waals surface area contributed by atoms with Crippen LogP contribution in [0.25, 0.3) is 0 Å². The minimum absolute atomic E-state index is 0.208. The number of nitrogens with zero attached hydrogens (tertiary/aromatic N) is 1. The van der Waals surface area contributed by atoms with Crippen LogP contribution >= 0.6 is 23.2 Å². The van der Waals surface area contributed by atoms with Gasteiger partial charge in [0, 0.05) is 21.8 Å². The highest BCUT2D eigenvalue weighted by atomic mass is 35.5. The summed E-state index contributed by atoms with van der Waals surface area (Å²) in [7, 11) is -0.900. The minimum atomic E-state index is -3.77. The molecule has 0 atom stereocenters. The Bertz CT molecular complexity index is 930. The number of hydrogen-bond acceptors (Lipinski definition) is 5. The third kappa shape index (κ3) is 5.66. The summed E-state index contributed by atoms with van der Waals surface area (Å²) in [6, 6.07) is 9.13. The van der Waals surface area contributed by atoms with Crippen molar-refractivity contribution in [2.24, 2.45) is 0 Å². The molecule has 2 rings (SSSR count). The summed E-state index contributed by atoms with van der Waals surface area (Å²) in [5.41, 5.74) is 0.563. The lowest BCUT2D eigenvalue weighted by Gasteiger charge is -2.24. The second kappa shape index (κ2) is 8.69. The number of carbonyl (C=O) groups is 1. The molecule has 146 valence electrons. The van der Waals surface area contributed by atoms with Gasteiger partial charge in [-0.15, -0.1) is 0 Å². The number of sulfonamides is 1. The first kappa shape index (κ1) is 21.1. The molecule has 1 amide bonds. The third-order valence-corrected chi connectivity index (χ3v) is 5.05. The number of carbonyl (C=O) groups excluding carboxylic acids is 1. The zero-order valence-electron chi connectivity index (χ0n) is 14.8. The normalized spacial score (nSPS) is 11.0. The van der Waals surface area contributed by atoms with Gasteiger partial charge in [0.2, 0.25) is 15.9 Å². The van der Waals surface area contributed by atoms with Gasteiger partial charge in [-0.25, -0.2) is 8.42 Å². The first-order valence-electron chi connectivity index (χ1n) is 7.59. The Morgan fingerprint density at radius 1 is 1.07 bits per heavy atom. The number of nitrogens with one attached hydrogen (secondary N) is 1. The zero-order valence-corrected chi connectivity index (χ0v) is 17.2. The lowest BCUT2D eigenvalue weighted by Crippen LogP contribution is -2.37. The lowest BCUT2D eigenvalue weighted by atomic mass is 10.2. The van der Waals surface area contributed by atoms with Gasteiger partial charge in [-0.2, -0.15) is 0 Å². The van der Waals surface area contributed by atoms with E-state index in [1.54, 1.807) is 6.07 Å². The van der Waals surface area contributed by atoms with E-state index in [-0.39, 0.29) is 11.4 Å². The smallest absolute Gasteiger partial charge is 0.245 e. The Kier molecular flexibility index (Phi) is 6.80. The van der Waals surface area contributed by atoms with Crippen molar-refractivity contribution >= 4 is 50.5 Å². The average molecular weight is 433 g/mol. The monoisotopic (exact) mass is 432 g/mol. The molecule has 1 N–H and O–H groups in total. The maximum Gasteiger partial charge on any atom is 0.245 e. The van der Waals surface area contributed by atoms with Crippen LogP contribution in [0, 0.1) is 0 Å². The third-order valence-electron chi connectivity index (χ3n) is 3.49. The fraction of sp³-hybridized carbons (Fsp3) is 0.235. The van der Waals surface area contributed by atoms with Crippen LogP contribution in [-0.2, 0) is 14.8 Å². The van der Waals surface area contributed by atoms with Gasteiger partial charge >= 0.3 is 0 Å². The number of ether oxygens (including phenoxy) is 2. The van der Waals surface area contributed by atoms with Crippen molar-refractivity contribution in [3.8, 4) is 11.5 Å². The predicted molar refractivity (Wildman–Crippen MR) is 107 cm³/mol. The van der Waals surface area contributed by atoms with Crippen molar-refractivity contribution in [3.63, 3.8) is 0 Å². The molecular weight excluding hydrogens is 415 g/mol. The van der Waals surface area contributed by atoms with Crippen LogP contribution in [0.15, 0.2) is 36.4 Å². The Hall–Kier alpha value is -2.16. The van der Waals surface area contributed by atoms with E-state index in [0.717, 1.165) is 10.6 Å². The van der Waals surface area contributed by atoms with Crippen LogP contribution in [-0.4, -0.2) is 41.3 Å². The van der Waals surface area contributed by atoms with Gasteiger partial charge in [-0.1, -0.05) is 23.2 Å². The van der Waals surface area contributed by atoms with E-state index < -0.39 is 22.5 Å².